The van der Waals surface area contributed by atoms with E-state index in [0.717, 1.165) is 78.3 Å². The van der Waals surface area contributed by atoms with Gasteiger partial charge in [0.05, 0.1) is 0 Å². The van der Waals surface area contributed by atoms with Crippen molar-refractivity contribution in [3.05, 3.63) is 217 Å². The van der Waals surface area contributed by atoms with Crippen LogP contribution in [0.25, 0.3) is 90.6 Å². The summed E-state index contributed by atoms with van der Waals surface area (Å²) in [4.78, 5) is 29.4. The molecule has 64 heavy (non-hydrogen) atoms. The molecule has 0 N–H and O–H groups in total. The Hall–Kier alpha value is -8.42. The molecular formula is C57H40N6O. The molecule has 0 saturated carbocycles. The third-order valence-corrected chi connectivity index (χ3v) is 11.9. The summed E-state index contributed by atoms with van der Waals surface area (Å²) in [6.45, 7) is 4.55. The van der Waals surface area contributed by atoms with E-state index in [0.29, 0.717) is 34.9 Å². The third kappa shape index (κ3) is 7.39. The second-order valence-electron chi connectivity index (χ2n) is 16.4. The van der Waals surface area contributed by atoms with Crippen LogP contribution in [-0.4, -0.2) is 29.9 Å². The van der Waals surface area contributed by atoms with Gasteiger partial charge >= 0.3 is 0 Å². The average molecular weight is 825 g/mol. The van der Waals surface area contributed by atoms with Gasteiger partial charge in [0, 0.05) is 49.9 Å². The zero-order chi connectivity index (χ0) is 43.0. The summed E-state index contributed by atoms with van der Waals surface area (Å²) in [6, 6.07) is 70.1. The van der Waals surface area contributed by atoms with Gasteiger partial charge in [0.1, 0.15) is 11.5 Å². The number of hydrogen-bond donors (Lipinski definition) is 0. The minimum absolute atomic E-state index is 0.339. The minimum atomic E-state index is -0.339. The molecule has 0 unspecified atom stereocenters. The molecule has 7 heteroatoms. The second-order valence-corrected chi connectivity index (χ2v) is 16.4. The number of nitrogens with zero attached hydrogens (tertiary/aromatic N) is 6. The fraction of sp³-hybridized carbons (Fsp3) is 0.0526. The predicted molar refractivity (Wildman–Crippen MR) is 255 cm³/mol. The van der Waals surface area contributed by atoms with E-state index in [-0.39, 0.29) is 5.41 Å². The Kier molecular flexibility index (Phi) is 9.70. The topological polar surface area (TPSA) is 86.6 Å². The van der Waals surface area contributed by atoms with Crippen LogP contribution in [0.4, 0.5) is 0 Å². The van der Waals surface area contributed by atoms with E-state index in [1.807, 2.05) is 121 Å². The Morgan fingerprint density at radius 1 is 0.266 bits per heavy atom. The zero-order valence-corrected chi connectivity index (χ0v) is 35.2. The first-order valence-corrected chi connectivity index (χ1v) is 21.4. The Labute approximate surface area is 371 Å². The molecule has 0 bridgehead atoms. The van der Waals surface area contributed by atoms with Gasteiger partial charge in [0.15, 0.2) is 34.9 Å². The van der Waals surface area contributed by atoms with Crippen LogP contribution in [0.5, 0.6) is 11.5 Å². The van der Waals surface area contributed by atoms with Crippen LogP contribution in [0.3, 0.4) is 0 Å². The smallest absolute Gasteiger partial charge is 0.164 e. The van der Waals surface area contributed by atoms with Crippen LogP contribution in [-0.2, 0) is 5.41 Å². The number of fused-ring (bicyclic) bond motifs is 2. The van der Waals surface area contributed by atoms with Gasteiger partial charge in [-0.15, -0.1) is 0 Å². The van der Waals surface area contributed by atoms with Crippen molar-refractivity contribution in [1.29, 1.82) is 0 Å². The van der Waals surface area contributed by atoms with Crippen molar-refractivity contribution >= 4 is 0 Å². The number of aromatic nitrogens is 6. The highest BCUT2D eigenvalue weighted by atomic mass is 16.5. The van der Waals surface area contributed by atoms with Crippen molar-refractivity contribution in [1.82, 2.24) is 29.9 Å². The maximum Gasteiger partial charge on any atom is 0.164 e. The maximum absolute atomic E-state index is 6.59. The van der Waals surface area contributed by atoms with Crippen molar-refractivity contribution in [3.63, 3.8) is 0 Å². The molecule has 1 aliphatic rings. The summed E-state index contributed by atoms with van der Waals surface area (Å²) in [7, 11) is 0. The molecule has 10 aromatic rings. The quantitative estimate of drug-likeness (QED) is 0.151. The zero-order valence-electron chi connectivity index (χ0n) is 35.2. The van der Waals surface area contributed by atoms with Gasteiger partial charge in [-0.05, 0) is 46.5 Å². The lowest BCUT2D eigenvalue weighted by Crippen LogP contribution is -2.24. The largest absolute Gasteiger partial charge is 0.457 e. The van der Waals surface area contributed by atoms with Crippen LogP contribution in [0.15, 0.2) is 206 Å². The van der Waals surface area contributed by atoms with Gasteiger partial charge < -0.3 is 4.74 Å². The van der Waals surface area contributed by atoms with Gasteiger partial charge in [-0.3, -0.25) is 0 Å². The van der Waals surface area contributed by atoms with E-state index in [1.54, 1.807) is 0 Å². The molecule has 0 radical (unpaired) electrons. The lowest BCUT2D eigenvalue weighted by molar-refractivity contribution is 0.418. The molecule has 1 aliphatic heterocycles. The van der Waals surface area contributed by atoms with E-state index in [4.69, 9.17) is 34.6 Å². The summed E-state index contributed by atoms with van der Waals surface area (Å²) in [6.07, 6.45) is 0. The fourth-order valence-electron chi connectivity index (χ4n) is 8.34. The molecule has 0 amide bonds. The highest BCUT2D eigenvalue weighted by Gasteiger charge is 2.35. The first-order chi connectivity index (χ1) is 31.4. The first-order valence-electron chi connectivity index (χ1n) is 21.4. The van der Waals surface area contributed by atoms with Gasteiger partial charge in [-0.1, -0.05) is 196 Å². The van der Waals surface area contributed by atoms with Crippen molar-refractivity contribution < 1.29 is 4.74 Å². The summed E-state index contributed by atoms with van der Waals surface area (Å²) in [5.41, 5.74) is 11.9. The van der Waals surface area contributed by atoms with Crippen molar-refractivity contribution in [2.24, 2.45) is 0 Å². The highest BCUT2D eigenvalue weighted by Crippen LogP contribution is 2.50. The van der Waals surface area contributed by atoms with E-state index in [2.05, 4.69) is 98.8 Å². The molecular weight excluding hydrogens is 785 g/mol. The van der Waals surface area contributed by atoms with Crippen molar-refractivity contribution in [3.8, 4) is 102 Å². The van der Waals surface area contributed by atoms with Crippen molar-refractivity contribution in [2.75, 3.05) is 0 Å². The Morgan fingerprint density at radius 3 is 0.781 bits per heavy atom. The number of ether oxygens (including phenoxy) is 1. The Morgan fingerprint density at radius 2 is 0.500 bits per heavy atom. The average Bonchev–Trinajstić information content (AvgIpc) is 3.37. The minimum Gasteiger partial charge on any atom is -0.457 e. The summed E-state index contributed by atoms with van der Waals surface area (Å²) >= 11 is 0. The van der Waals surface area contributed by atoms with E-state index >= 15 is 0 Å². The lowest BCUT2D eigenvalue weighted by atomic mass is 9.74. The van der Waals surface area contributed by atoms with E-state index < -0.39 is 0 Å². The summed E-state index contributed by atoms with van der Waals surface area (Å²) < 4.78 is 6.59. The molecule has 8 aromatic carbocycles. The van der Waals surface area contributed by atoms with Crippen LogP contribution in [0.1, 0.15) is 25.0 Å². The van der Waals surface area contributed by atoms with Gasteiger partial charge in [0.25, 0.3) is 0 Å². The molecule has 7 nitrogen and oxygen atoms in total. The standard InChI is InChI=1S/C57H40N6O/c1-57(2)47-35-45(37-23-27-43(28-24-37)55-60-51(39-15-7-3-8-16-39)58-52(61-55)40-17-9-4-10-18-40)31-33-49(47)64-50-34-32-46(36-48(50)57)38-25-29-44(30-26-38)56-62-53(41-19-11-5-12-20-41)59-54(63-56)42-21-13-6-14-22-42/h3-36H,1-2H3. The molecule has 0 saturated heterocycles. The summed E-state index contributed by atoms with van der Waals surface area (Å²) in [5.74, 6) is 5.54. The van der Waals surface area contributed by atoms with Gasteiger partial charge in [-0.2, -0.15) is 0 Å². The first kappa shape index (κ1) is 38.5. The highest BCUT2D eigenvalue weighted by molar-refractivity contribution is 5.76. The molecule has 11 rings (SSSR count). The third-order valence-electron chi connectivity index (χ3n) is 11.9. The molecule has 0 atom stereocenters. The number of hydrogen-bond acceptors (Lipinski definition) is 7. The molecule has 0 aliphatic carbocycles. The fourth-order valence-corrected chi connectivity index (χ4v) is 8.34. The number of benzene rings is 8. The van der Waals surface area contributed by atoms with E-state index in [1.165, 1.54) is 0 Å². The molecule has 0 fully saturated rings. The second kappa shape index (κ2) is 16.1. The maximum atomic E-state index is 6.59. The molecule has 0 spiro atoms. The summed E-state index contributed by atoms with van der Waals surface area (Å²) in [5, 5.41) is 0. The Bertz CT molecular complexity index is 2950. The molecule has 3 heterocycles. The predicted octanol–water partition coefficient (Wildman–Crippen LogP) is 13.8. The van der Waals surface area contributed by atoms with Gasteiger partial charge in [-0.25, -0.2) is 29.9 Å². The molecule has 304 valence electrons. The van der Waals surface area contributed by atoms with Crippen LogP contribution >= 0.6 is 0 Å². The van der Waals surface area contributed by atoms with Gasteiger partial charge in [0.2, 0.25) is 0 Å². The normalized spacial score (nSPS) is 12.5. The SMILES string of the molecule is CC1(C)c2cc(-c3ccc(-c4nc(-c5ccccc5)nc(-c5ccccc5)n4)cc3)ccc2Oc2ccc(-c3ccc(-c4nc(-c5ccccc5)nc(-c5ccccc5)n4)cc3)cc21. The number of rotatable bonds is 8. The van der Waals surface area contributed by atoms with Crippen LogP contribution < -0.4 is 4.74 Å². The van der Waals surface area contributed by atoms with E-state index in [9.17, 15) is 0 Å². The lowest BCUT2D eigenvalue weighted by Gasteiger charge is -2.35. The van der Waals surface area contributed by atoms with Crippen LogP contribution in [0.2, 0.25) is 0 Å². The van der Waals surface area contributed by atoms with Crippen LogP contribution in [0, 0.1) is 0 Å². The Balaban J connectivity index is 0.879. The monoisotopic (exact) mass is 824 g/mol. The molecule has 2 aromatic heterocycles. The van der Waals surface area contributed by atoms with Crippen molar-refractivity contribution in [2.45, 2.75) is 19.3 Å².